The van der Waals surface area contributed by atoms with E-state index in [0.717, 1.165) is 0 Å². The zero-order chi connectivity index (χ0) is 20.6. The predicted octanol–water partition coefficient (Wildman–Crippen LogP) is 2.07. The minimum absolute atomic E-state index is 0.0592. The molecule has 1 aromatic carbocycles. The third-order valence-electron chi connectivity index (χ3n) is 4.83. The molecule has 12 heteroatoms. The van der Waals surface area contributed by atoms with Crippen LogP contribution in [-0.4, -0.2) is 39.1 Å². The van der Waals surface area contributed by atoms with Crippen LogP contribution in [0.4, 0.5) is 13.2 Å². The quantitative estimate of drug-likeness (QED) is 0.674. The number of halogens is 3. The second kappa shape index (κ2) is 7.26. The van der Waals surface area contributed by atoms with Crippen molar-refractivity contribution in [2.75, 3.05) is 0 Å². The lowest BCUT2D eigenvalue weighted by atomic mass is 9.97. The van der Waals surface area contributed by atoms with Crippen molar-refractivity contribution < 1.29 is 21.6 Å². The zero-order valence-electron chi connectivity index (χ0n) is 15.0. The van der Waals surface area contributed by atoms with Crippen LogP contribution in [-0.2, 0) is 29.5 Å². The highest BCUT2D eigenvalue weighted by Gasteiger charge is 2.42. The molecular formula is C17H17F3N6O2S. The molecule has 154 valence electrons. The summed E-state index contributed by atoms with van der Waals surface area (Å²) in [5.74, 6) is -0.939. The SMILES string of the molecule is O=S(=O)(NCc1nnc2n1CC[C@@H](C(F)(F)F)C2)c1ccc(-n2cccn2)cc1. The third-order valence-corrected chi connectivity index (χ3v) is 6.25. The molecule has 29 heavy (non-hydrogen) atoms. The summed E-state index contributed by atoms with van der Waals surface area (Å²) >= 11 is 0. The van der Waals surface area contributed by atoms with Gasteiger partial charge < -0.3 is 4.57 Å². The topological polar surface area (TPSA) is 94.7 Å². The summed E-state index contributed by atoms with van der Waals surface area (Å²) in [4.78, 5) is 0.0592. The molecule has 0 saturated heterocycles. The van der Waals surface area contributed by atoms with Crippen molar-refractivity contribution in [1.82, 2.24) is 29.3 Å². The first-order valence-electron chi connectivity index (χ1n) is 8.81. The van der Waals surface area contributed by atoms with Gasteiger partial charge in [0.1, 0.15) is 11.6 Å². The van der Waals surface area contributed by atoms with Crippen LogP contribution >= 0.6 is 0 Å². The molecule has 1 aliphatic rings. The molecule has 0 radical (unpaired) electrons. The van der Waals surface area contributed by atoms with Gasteiger partial charge >= 0.3 is 6.18 Å². The van der Waals surface area contributed by atoms with Gasteiger partial charge in [-0.15, -0.1) is 10.2 Å². The maximum atomic E-state index is 12.9. The van der Waals surface area contributed by atoms with Crippen molar-refractivity contribution in [3.8, 4) is 5.69 Å². The lowest BCUT2D eigenvalue weighted by Gasteiger charge is -2.25. The van der Waals surface area contributed by atoms with E-state index in [1.165, 1.54) is 12.1 Å². The molecule has 0 bridgehead atoms. The summed E-state index contributed by atoms with van der Waals surface area (Å²) in [6.45, 7) is -0.0605. The Morgan fingerprint density at radius 2 is 1.93 bits per heavy atom. The van der Waals surface area contributed by atoms with E-state index < -0.39 is 22.1 Å². The van der Waals surface area contributed by atoms with E-state index in [4.69, 9.17) is 0 Å². The first-order chi connectivity index (χ1) is 13.7. The summed E-state index contributed by atoms with van der Waals surface area (Å²) in [5, 5.41) is 11.7. The fraction of sp³-hybridized carbons (Fsp3) is 0.353. The molecule has 0 aliphatic carbocycles. The molecule has 0 fully saturated rings. The normalized spacial score (nSPS) is 17.3. The van der Waals surface area contributed by atoms with Gasteiger partial charge in [-0.1, -0.05) is 0 Å². The lowest BCUT2D eigenvalue weighted by molar-refractivity contribution is -0.179. The average molecular weight is 426 g/mol. The molecule has 0 amide bonds. The van der Waals surface area contributed by atoms with Crippen molar-refractivity contribution >= 4 is 10.0 Å². The highest BCUT2D eigenvalue weighted by atomic mass is 32.2. The van der Waals surface area contributed by atoms with Gasteiger partial charge in [-0.3, -0.25) is 0 Å². The van der Waals surface area contributed by atoms with Crippen LogP contribution in [0.1, 0.15) is 18.1 Å². The number of hydrogen-bond donors (Lipinski definition) is 1. The molecule has 1 N–H and O–H groups in total. The van der Waals surface area contributed by atoms with Gasteiger partial charge in [-0.05, 0) is 36.8 Å². The zero-order valence-corrected chi connectivity index (χ0v) is 15.9. The molecule has 1 atom stereocenters. The molecule has 0 saturated carbocycles. The van der Waals surface area contributed by atoms with E-state index in [2.05, 4.69) is 20.0 Å². The Hall–Kier alpha value is -2.73. The van der Waals surface area contributed by atoms with Gasteiger partial charge in [0.25, 0.3) is 0 Å². The highest BCUT2D eigenvalue weighted by molar-refractivity contribution is 7.89. The fourth-order valence-corrected chi connectivity index (χ4v) is 4.22. The Morgan fingerprint density at radius 1 is 1.17 bits per heavy atom. The molecular weight excluding hydrogens is 409 g/mol. The Morgan fingerprint density at radius 3 is 2.59 bits per heavy atom. The number of aromatic nitrogens is 5. The van der Waals surface area contributed by atoms with Gasteiger partial charge in [-0.25, -0.2) is 17.8 Å². The molecule has 4 rings (SSSR count). The predicted molar refractivity (Wildman–Crippen MR) is 95.5 cm³/mol. The summed E-state index contributed by atoms with van der Waals surface area (Å²) in [6, 6.07) is 7.90. The molecule has 0 unspecified atom stereocenters. The van der Waals surface area contributed by atoms with Gasteiger partial charge in [0.05, 0.1) is 23.0 Å². The van der Waals surface area contributed by atoms with E-state index in [1.807, 2.05) is 0 Å². The number of nitrogens with zero attached hydrogens (tertiary/aromatic N) is 5. The van der Waals surface area contributed by atoms with Gasteiger partial charge in [-0.2, -0.15) is 18.3 Å². The van der Waals surface area contributed by atoms with E-state index in [-0.39, 0.29) is 42.5 Å². The van der Waals surface area contributed by atoms with Crippen molar-refractivity contribution in [2.45, 2.75) is 37.0 Å². The number of benzene rings is 1. The van der Waals surface area contributed by atoms with E-state index in [1.54, 1.807) is 39.8 Å². The molecule has 1 aliphatic heterocycles. The number of fused-ring (bicyclic) bond motifs is 1. The summed E-state index contributed by atoms with van der Waals surface area (Å²) in [7, 11) is -3.82. The van der Waals surface area contributed by atoms with Gasteiger partial charge in [0, 0.05) is 25.4 Å². The van der Waals surface area contributed by atoms with Crippen molar-refractivity contribution in [3.05, 3.63) is 54.4 Å². The number of nitrogens with one attached hydrogen (secondary N) is 1. The molecule has 2 aromatic heterocycles. The van der Waals surface area contributed by atoms with Crippen molar-refractivity contribution in [1.29, 1.82) is 0 Å². The first kappa shape index (κ1) is 19.6. The standard InChI is InChI=1S/C17H17F3N6O2S/c18-17(19,20)12-6-9-25-15(10-12)23-24-16(25)11-22-29(27,28)14-4-2-13(3-5-14)26-8-1-7-21-26/h1-5,7-8,12,22H,6,9-11H2/t12-/m1/s1. The smallest absolute Gasteiger partial charge is 0.314 e. The molecule has 0 spiro atoms. The number of sulfonamides is 1. The summed E-state index contributed by atoms with van der Waals surface area (Å²) < 4.78 is 69.3. The van der Waals surface area contributed by atoms with Crippen molar-refractivity contribution in [3.63, 3.8) is 0 Å². The average Bonchev–Trinajstić information content (AvgIpc) is 3.35. The molecule has 3 aromatic rings. The number of hydrogen-bond acceptors (Lipinski definition) is 5. The number of rotatable bonds is 5. The monoisotopic (exact) mass is 426 g/mol. The van der Waals surface area contributed by atoms with Crippen LogP contribution in [0.5, 0.6) is 0 Å². The second-order valence-electron chi connectivity index (χ2n) is 6.68. The van der Waals surface area contributed by atoms with E-state index >= 15 is 0 Å². The molecule has 8 nitrogen and oxygen atoms in total. The summed E-state index contributed by atoms with van der Waals surface area (Å²) in [6.07, 6.45) is -1.26. The van der Waals surface area contributed by atoms with E-state index in [9.17, 15) is 21.6 Å². The maximum Gasteiger partial charge on any atom is 0.392 e. The van der Waals surface area contributed by atoms with Gasteiger partial charge in [0.15, 0.2) is 0 Å². The van der Waals surface area contributed by atoms with Crippen LogP contribution in [0.25, 0.3) is 5.69 Å². The molecule has 3 heterocycles. The maximum absolute atomic E-state index is 12.9. The van der Waals surface area contributed by atoms with E-state index in [0.29, 0.717) is 5.69 Å². The summed E-state index contributed by atoms with van der Waals surface area (Å²) in [5.41, 5.74) is 0.708. The second-order valence-corrected chi connectivity index (χ2v) is 8.45. The van der Waals surface area contributed by atoms with Crippen LogP contribution in [0, 0.1) is 5.92 Å². The first-order valence-corrected chi connectivity index (χ1v) is 10.3. The minimum atomic E-state index is -4.28. The number of alkyl halides is 3. The Balaban J connectivity index is 1.45. The van der Waals surface area contributed by atoms with Crippen LogP contribution < -0.4 is 4.72 Å². The fourth-order valence-electron chi connectivity index (χ4n) is 3.24. The highest BCUT2D eigenvalue weighted by Crippen LogP contribution is 2.34. The lowest BCUT2D eigenvalue weighted by Crippen LogP contribution is -2.32. The minimum Gasteiger partial charge on any atom is -0.314 e. The van der Waals surface area contributed by atoms with Crippen LogP contribution in [0.15, 0.2) is 47.6 Å². The van der Waals surface area contributed by atoms with Gasteiger partial charge in [0.2, 0.25) is 10.0 Å². The third kappa shape index (κ3) is 4.03. The van der Waals surface area contributed by atoms with Crippen LogP contribution in [0.3, 0.4) is 0 Å². The van der Waals surface area contributed by atoms with Crippen LogP contribution in [0.2, 0.25) is 0 Å². The Kier molecular flexibility index (Phi) is 4.90. The Bertz CT molecular complexity index is 1090. The van der Waals surface area contributed by atoms with Crippen molar-refractivity contribution in [2.24, 2.45) is 5.92 Å². The Labute approximate surface area is 164 Å². The largest absolute Gasteiger partial charge is 0.392 e.